The van der Waals surface area contributed by atoms with Crippen molar-refractivity contribution >= 4 is 47.2 Å². The Kier molecular flexibility index (Phi) is 10.6. The van der Waals surface area contributed by atoms with Crippen LogP contribution in [0.5, 0.6) is 0 Å². The number of rotatable bonds is 13. The number of hydrogen-bond donors (Lipinski definition) is 8. The van der Waals surface area contributed by atoms with Crippen LogP contribution in [0, 0.1) is 5.92 Å². The molecule has 192 valence electrons. The Morgan fingerprint density at radius 2 is 1.71 bits per heavy atom. The van der Waals surface area contributed by atoms with E-state index < -0.39 is 54.5 Å². The van der Waals surface area contributed by atoms with E-state index in [9.17, 15) is 24.3 Å². The molecule has 35 heavy (non-hydrogen) atoms. The molecule has 2 aromatic rings. The molecule has 8 N–H and O–H groups in total. The van der Waals surface area contributed by atoms with Crippen LogP contribution >= 0.6 is 12.6 Å². The summed E-state index contributed by atoms with van der Waals surface area (Å²) in [7, 11) is 0. The molecule has 3 amide bonds. The van der Waals surface area contributed by atoms with E-state index in [1.807, 2.05) is 31.2 Å². The number of fused-ring (bicyclic) bond motifs is 1. The number of carboxylic acid groups (broad SMARTS) is 1. The van der Waals surface area contributed by atoms with Gasteiger partial charge in [0.25, 0.3) is 0 Å². The van der Waals surface area contributed by atoms with E-state index >= 15 is 0 Å². The fourth-order valence-electron chi connectivity index (χ4n) is 3.49. The Balaban J connectivity index is 2.32. The molecule has 5 unspecified atom stereocenters. The largest absolute Gasteiger partial charge is 0.480 e. The van der Waals surface area contributed by atoms with Gasteiger partial charge in [-0.05, 0) is 17.5 Å². The number of H-pyrrole nitrogens is 1. The molecule has 1 aromatic heterocycles. The highest BCUT2D eigenvalue weighted by molar-refractivity contribution is 7.80. The number of aromatic nitrogens is 1. The van der Waals surface area contributed by atoms with Gasteiger partial charge >= 0.3 is 5.97 Å². The molecular formula is C23H33N5O6S. The SMILES string of the molecule is CCC(C)C(NC(=O)C(N)CO)C(=O)NC(Cc1c[nH]c2ccccc12)C(=O)NC(CS)C(=O)O. The van der Waals surface area contributed by atoms with Crippen LogP contribution in [-0.4, -0.2) is 75.4 Å². The molecular weight excluding hydrogens is 474 g/mol. The zero-order valence-corrected chi connectivity index (χ0v) is 20.5. The van der Waals surface area contributed by atoms with E-state index in [0.717, 1.165) is 16.5 Å². The summed E-state index contributed by atoms with van der Waals surface area (Å²) >= 11 is 3.98. The van der Waals surface area contributed by atoms with Gasteiger partial charge in [-0.15, -0.1) is 0 Å². The summed E-state index contributed by atoms with van der Waals surface area (Å²) in [6.45, 7) is 3.00. The van der Waals surface area contributed by atoms with Gasteiger partial charge in [-0.1, -0.05) is 38.5 Å². The van der Waals surface area contributed by atoms with E-state index in [2.05, 4.69) is 33.6 Å². The number of aliphatic hydroxyl groups excluding tert-OH is 1. The van der Waals surface area contributed by atoms with Crippen LogP contribution in [0.3, 0.4) is 0 Å². The van der Waals surface area contributed by atoms with Gasteiger partial charge in [-0.3, -0.25) is 14.4 Å². The molecule has 0 aliphatic carbocycles. The molecule has 12 heteroatoms. The Bertz CT molecular complexity index is 1040. The molecule has 11 nitrogen and oxygen atoms in total. The molecule has 0 saturated carbocycles. The molecule has 5 atom stereocenters. The van der Waals surface area contributed by atoms with Crippen molar-refractivity contribution in [3.63, 3.8) is 0 Å². The van der Waals surface area contributed by atoms with Crippen molar-refractivity contribution in [3.8, 4) is 0 Å². The van der Waals surface area contributed by atoms with Gasteiger partial charge in [0.15, 0.2) is 0 Å². The van der Waals surface area contributed by atoms with Crippen molar-refractivity contribution in [2.75, 3.05) is 12.4 Å². The van der Waals surface area contributed by atoms with Crippen molar-refractivity contribution in [3.05, 3.63) is 36.0 Å². The number of carbonyl (C=O) groups is 4. The molecule has 1 aromatic carbocycles. The second-order valence-electron chi connectivity index (χ2n) is 8.37. The maximum atomic E-state index is 13.2. The van der Waals surface area contributed by atoms with Crippen LogP contribution in [0.2, 0.25) is 0 Å². The lowest BCUT2D eigenvalue weighted by Crippen LogP contribution is -2.59. The average Bonchev–Trinajstić information content (AvgIpc) is 3.26. The minimum Gasteiger partial charge on any atom is -0.480 e. The van der Waals surface area contributed by atoms with Gasteiger partial charge in [-0.25, -0.2) is 4.79 Å². The lowest BCUT2D eigenvalue weighted by molar-refractivity contribution is -0.141. The summed E-state index contributed by atoms with van der Waals surface area (Å²) < 4.78 is 0. The summed E-state index contributed by atoms with van der Waals surface area (Å²) in [6, 6.07) is 2.81. The number of aromatic amines is 1. The second kappa shape index (κ2) is 13.1. The van der Waals surface area contributed by atoms with Gasteiger partial charge in [0, 0.05) is 29.3 Å². The number of nitrogens with one attached hydrogen (secondary N) is 4. The Hall–Kier alpha value is -3.09. The fourth-order valence-corrected chi connectivity index (χ4v) is 3.74. The van der Waals surface area contributed by atoms with Gasteiger partial charge < -0.3 is 36.9 Å². The summed E-state index contributed by atoms with van der Waals surface area (Å²) in [5, 5.41) is 26.9. The Labute approximate surface area is 208 Å². The van der Waals surface area contributed by atoms with Crippen LogP contribution in [0.1, 0.15) is 25.8 Å². The van der Waals surface area contributed by atoms with Crippen LogP contribution in [0.4, 0.5) is 0 Å². The van der Waals surface area contributed by atoms with Gasteiger partial charge in [-0.2, -0.15) is 12.6 Å². The molecule has 1 heterocycles. The zero-order valence-electron chi connectivity index (χ0n) is 19.7. The predicted molar refractivity (Wildman–Crippen MR) is 134 cm³/mol. The number of hydrogen-bond acceptors (Lipinski definition) is 7. The maximum Gasteiger partial charge on any atom is 0.327 e. The van der Waals surface area contributed by atoms with Crippen molar-refractivity contribution in [1.82, 2.24) is 20.9 Å². The monoisotopic (exact) mass is 507 g/mol. The summed E-state index contributed by atoms with van der Waals surface area (Å²) in [4.78, 5) is 53.1. The number of carboxylic acids is 1. The number of benzene rings is 1. The first-order chi connectivity index (χ1) is 16.6. The van der Waals surface area contributed by atoms with Crippen LogP contribution < -0.4 is 21.7 Å². The van der Waals surface area contributed by atoms with Gasteiger partial charge in [0.2, 0.25) is 17.7 Å². The molecule has 0 spiro atoms. The number of aliphatic hydroxyl groups is 1. The van der Waals surface area contributed by atoms with Crippen molar-refractivity contribution < 1.29 is 29.4 Å². The van der Waals surface area contributed by atoms with Crippen LogP contribution in [0.15, 0.2) is 30.5 Å². The maximum absolute atomic E-state index is 13.2. The molecule has 0 fully saturated rings. The normalized spacial score (nSPS) is 15.5. The summed E-state index contributed by atoms with van der Waals surface area (Å²) in [5.74, 6) is -3.74. The number of para-hydroxylation sites is 1. The topological polar surface area (TPSA) is 187 Å². The first kappa shape index (κ1) is 28.1. The van der Waals surface area contributed by atoms with E-state index in [0.29, 0.717) is 6.42 Å². The van der Waals surface area contributed by atoms with Crippen molar-refractivity contribution in [2.24, 2.45) is 11.7 Å². The summed E-state index contributed by atoms with van der Waals surface area (Å²) in [6.07, 6.45) is 2.32. The third-order valence-corrected chi connectivity index (χ3v) is 6.22. The van der Waals surface area contributed by atoms with Crippen molar-refractivity contribution in [1.29, 1.82) is 0 Å². The lowest BCUT2D eigenvalue weighted by atomic mass is 9.96. The zero-order chi connectivity index (χ0) is 26.1. The van der Waals surface area contributed by atoms with Crippen LogP contribution in [-0.2, 0) is 25.6 Å². The number of aliphatic carboxylic acids is 1. The molecule has 0 radical (unpaired) electrons. The predicted octanol–water partition coefficient (Wildman–Crippen LogP) is -0.455. The minimum atomic E-state index is -1.26. The lowest BCUT2D eigenvalue weighted by Gasteiger charge is -2.27. The van der Waals surface area contributed by atoms with E-state index in [1.165, 1.54) is 0 Å². The third-order valence-electron chi connectivity index (χ3n) is 5.86. The quantitative estimate of drug-likeness (QED) is 0.169. The average molecular weight is 508 g/mol. The number of amides is 3. The first-order valence-corrected chi connectivity index (χ1v) is 11.9. The van der Waals surface area contributed by atoms with Gasteiger partial charge in [0.1, 0.15) is 24.2 Å². The molecule has 2 rings (SSSR count). The van der Waals surface area contributed by atoms with E-state index in [4.69, 9.17) is 10.8 Å². The number of nitrogens with two attached hydrogens (primary N) is 1. The first-order valence-electron chi connectivity index (χ1n) is 11.3. The highest BCUT2D eigenvalue weighted by Crippen LogP contribution is 2.19. The fraction of sp³-hybridized carbons (Fsp3) is 0.478. The highest BCUT2D eigenvalue weighted by atomic mass is 32.1. The summed E-state index contributed by atoms with van der Waals surface area (Å²) in [5.41, 5.74) is 7.16. The minimum absolute atomic E-state index is 0.0673. The second-order valence-corrected chi connectivity index (χ2v) is 8.73. The number of carbonyl (C=O) groups excluding carboxylic acids is 3. The van der Waals surface area contributed by atoms with Crippen molar-refractivity contribution in [2.45, 2.75) is 50.9 Å². The third kappa shape index (κ3) is 7.44. The molecule has 0 aliphatic heterocycles. The van der Waals surface area contributed by atoms with Crippen LogP contribution in [0.25, 0.3) is 10.9 Å². The van der Waals surface area contributed by atoms with Gasteiger partial charge in [0.05, 0.1) is 6.61 Å². The smallest absolute Gasteiger partial charge is 0.327 e. The molecule has 0 aliphatic rings. The molecule has 0 saturated heterocycles. The standard InChI is InChI=1S/C23H33N5O6S/c1-3-12(2)19(28-20(30)15(24)10-29)22(32)26-17(21(31)27-18(11-35)23(33)34)8-13-9-25-16-7-5-4-6-14(13)16/h4-7,9,12,15,17-19,25,29,35H,3,8,10-11,24H2,1-2H3,(H,26,32)(H,27,31)(H,28,30)(H,33,34). The highest BCUT2D eigenvalue weighted by Gasteiger charge is 2.32. The number of thiol groups is 1. The Morgan fingerprint density at radius 3 is 2.31 bits per heavy atom. The van der Waals surface area contributed by atoms with E-state index in [-0.39, 0.29) is 18.1 Å². The molecule has 0 bridgehead atoms. The van der Waals surface area contributed by atoms with E-state index in [1.54, 1.807) is 13.1 Å². The Morgan fingerprint density at radius 1 is 1.06 bits per heavy atom.